The highest BCUT2D eigenvalue weighted by atomic mass is 19.4. The third-order valence-electron chi connectivity index (χ3n) is 5.94. The van der Waals surface area contributed by atoms with E-state index in [9.17, 15) is 22.4 Å². The van der Waals surface area contributed by atoms with Crippen molar-refractivity contribution >= 4 is 17.4 Å². The van der Waals surface area contributed by atoms with Crippen LogP contribution in [0, 0.1) is 11.6 Å². The molecule has 3 N–H and O–H groups in total. The number of alkyl halides is 3. The molecule has 0 unspecified atom stereocenters. The number of anilines is 2. The number of aryl methyl sites for hydroxylation is 1. The summed E-state index contributed by atoms with van der Waals surface area (Å²) in [6.07, 6.45) is 0.632. The maximum atomic E-state index is 15.1. The molecule has 3 heterocycles. The van der Waals surface area contributed by atoms with E-state index in [0.29, 0.717) is 11.1 Å². The number of nitrogens with zero attached hydrogens (tertiary/aromatic N) is 4. The number of nitrogens with one attached hydrogen (secondary N) is 1. The van der Waals surface area contributed by atoms with Gasteiger partial charge in [-0.1, -0.05) is 0 Å². The van der Waals surface area contributed by atoms with Gasteiger partial charge in [-0.25, -0.2) is 13.8 Å². The molecule has 0 bridgehead atoms. The highest BCUT2D eigenvalue weighted by molar-refractivity contribution is 6.06. The van der Waals surface area contributed by atoms with Gasteiger partial charge < -0.3 is 15.8 Å². The summed E-state index contributed by atoms with van der Waals surface area (Å²) in [6.45, 7) is 0. The summed E-state index contributed by atoms with van der Waals surface area (Å²) in [5.74, 6) is -2.65. The number of benzene rings is 2. The van der Waals surface area contributed by atoms with Crippen LogP contribution in [0.3, 0.4) is 0 Å². The number of aromatic nitrogens is 4. The highest BCUT2D eigenvalue weighted by Gasteiger charge is 2.39. The topological polar surface area (TPSA) is 108 Å². The molecule has 3 aromatic heterocycles. The first-order chi connectivity index (χ1) is 19.5. The van der Waals surface area contributed by atoms with Crippen LogP contribution in [0.2, 0.25) is 0 Å². The number of hydrogen-bond acceptors (Lipinski definition) is 6. The Morgan fingerprint density at radius 1 is 0.951 bits per heavy atom. The zero-order valence-corrected chi connectivity index (χ0v) is 21.1. The summed E-state index contributed by atoms with van der Waals surface area (Å²) in [7, 11) is 1.70. The first-order valence-electron chi connectivity index (χ1n) is 11.9. The van der Waals surface area contributed by atoms with Crippen molar-refractivity contribution in [1.29, 1.82) is 0 Å². The Bertz CT molecular complexity index is 1750. The molecule has 0 atom stereocenters. The fourth-order valence-corrected chi connectivity index (χ4v) is 4.13. The van der Waals surface area contributed by atoms with E-state index >= 15 is 4.39 Å². The predicted molar refractivity (Wildman–Crippen MR) is 140 cm³/mol. The van der Waals surface area contributed by atoms with E-state index in [1.54, 1.807) is 17.9 Å². The molecule has 0 aliphatic rings. The minimum Gasteiger partial charge on any atom is -0.453 e. The average molecular weight is 566 g/mol. The summed E-state index contributed by atoms with van der Waals surface area (Å²) in [6, 6.07) is 9.96. The molecular weight excluding hydrogens is 547 g/mol. The maximum absolute atomic E-state index is 15.1. The molecule has 13 heteroatoms. The van der Waals surface area contributed by atoms with Gasteiger partial charge in [0.25, 0.3) is 5.91 Å². The van der Waals surface area contributed by atoms with Crippen molar-refractivity contribution in [3.05, 3.63) is 102 Å². The molecular formula is C28H19F5N6O2. The van der Waals surface area contributed by atoms with Crippen LogP contribution in [0.15, 0.2) is 79.4 Å². The molecule has 0 aliphatic carbocycles. The number of halogens is 5. The van der Waals surface area contributed by atoms with Crippen LogP contribution >= 0.6 is 0 Å². The van der Waals surface area contributed by atoms with Crippen LogP contribution in [0.4, 0.5) is 33.5 Å². The lowest BCUT2D eigenvalue weighted by molar-refractivity contribution is -0.137. The zero-order valence-electron chi connectivity index (χ0n) is 21.1. The van der Waals surface area contributed by atoms with Gasteiger partial charge in [-0.3, -0.25) is 14.5 Å². The van der Waals surface area contributed by atoms with E-state index in [-0.39, 0.29) is 28.6 Å². The monoisotopic (exact) mass is 566 g/mol. The van der Waals surface area contributed by atoms with Crippen LogP contribution < -0.4 is 15.8 Å². The van der Waals surface area contributed by atoms with Gasteiger partial charge in [0.15, 0.2) is 11.6 Å². The lowest BCUT2D eigenvalue weighted by Gasteiger charge is -2.17. The SMILES string of the molecule is Cn1cc(-c2c(Oc3ccc(NC(=O)c4ccnc(-c5ccc(F)cc5)c4C(F)(F)F)cc3F)ccnc2N)cn1. The molecule has 0 saturated carbocycles. The van der Waals surface area contributed by atoms with Crippen molar-refractivity contribution in [2.45, 2.75) is 6.18 Å². The molecule has 0 radical (unpaired) electrons. The van der Waals surface area contributed by atoms with Gasteiger partial charge in [0, 0.05) is 48.5 Å². The second kappa shape index (κ2) is 10.7. The zero-order chi connectivity index (χ0) is 29.3. The number of ether oxygens (including phenoxy) is 1. The number of nitrogens with two attached hydrogens (primary N) is 1. The van der Waals surface area contributed by atoms with Gasteiger partial charge in [0.1, 0.15) is 17.4 Å². The lowest BCUT2D eigenvalue weighted by atomic mass is 10.00. The van der Waals surface area contributed by atoms with Gasteiger partial charge in [0.2, 0.25) is 0 Å². The third kappa shape index (κ3) is 5.69. The van der Waals surface area contributed by atoms with E-state index in [0.717, 1.165) is 42.6 Å². The second-order valence-electron chi connectivity index (χ2n) is 8.76. The van der Waals surface area contributed by atoms with Crippen LogP contribution in [-0.2, 0) is 13.2 Å². The van der Waals surface area contributed by atoms with Crippen molar-refractivity contribution in [3.8, 4) is 33.9 Å². The number of pyridine rings is 2. The van der Waals surface area contributed by atoms with E-state index < -0.39 is 40.5 Å². The Balaban J connectivity index is 1.43. The van der Waals surface area contributed by atoms with E-state index in [1.165, 1.54) is 30.6 Å². The minimum absolute atomic E-state index is 0.0386. The fraction of sp³-hybridized carbons (Fsp3) is 0.0714. The number of nitrogen functional groups attached to an aromatic ring is 1. The summed E-state index contributed by atoms with van der Waals surface area (Å²) < 4.78 is 77.9. The highest BCUT2D eigenvalue weighted by Crippen LogP contribution is 2.40. The largest absolute Gasteiger partial charge is 0.453 e. The normalized spacial score (nSPS) is 11.4. The van der Waals surface area contributed by atoms with Crippen molar-refractivity contribution in [2.24, 2.45) is 7.05 Å². The predicted octanol–water partition coefficient (Wildman–Crippen LogP) is 6.47. The molecule has 41 heavy (non-hydrogen) atoms. The van der Waals surface area contributed by atoms with Crippen molar-refractivity contribution < 1.29 is 31.5 Å². The summed E-state index contributed by atoms with van der Waals surface area (Å²) in [4.78, 5) is 20.8. The standard InChI is InChI=1S/C28H19F5N6O2/c1-39-14-16(13-37-39)23-22(9-11-36-26(23)34)41-21-7-6-18(12-20(21)30)38-27(40)19-8-10-35-25(24(19)28(31,32)33)15-2-4-17(29)5-3-15/h2-14H,1H3,(H2,34,36)(H,38,40). The Labute approximate surface area is 229 Å². The Morgan fingerprint density at radius 2 is 1.68 bits per heavy atom. The molecule has 5 rings (SSSR count). The van der Waals surface area contributed by atoms with Crippen molar-refractivity contribution in [1.82, 2.24) is 19.7 Å². The molecule has 0 saturated heterocycles. The maximum Gasteiger partial charge on any atom is 0.419 e. The van der Waals surface area contributed by atoms with E-state index in [2.05, 4.69) is 20.4 Å². The van der Waals surface area contributed by atoms with Crippen LogP contribution in [0.1, 0.15) is 15.9 Å². The van der Waals surface area contributed by atoms with Gasteiger partial charge in [0.05, 0.1) is 28.6 Å². The van der Waals surface area contributed by atoms with Gasteiger partial charge in [-0.2, -0.15) is 18.3 Å². The molecule has 1 amide bonds. The number of hydrogen-bond donors (Lipinski definition) is 2. The average Bonchev–Trinajstić information content (AvgIpc) is 3.35. The summed E-state index contributed by atoms with van der Waals surface area (Å²) >= 11 is 0. The van der Waals surface area contributed by atoms with E-state index in [1.807, 2.05) is 0 Å². The van der Waals surface area contributed by atoms with Gasteiger partial charge in [-0.05, 0) is 48.5 Å². The molecule has 8 nitrogen and oxygen atoms in total. The lowest BCUT2D eigenvalue weighted by Crippen LogP contribution is -2.20. The molecule has 5 aromatic rings. The third-order valence-corrected chi connectivity index (χ3v) is 5.94. The Morgan fingerprint density at radius 3 is 2.34 bits per heavy atom. The number of carbonyl (C=O) groups excluding carboxylic acids is 1. The van der Waals surface area contributed by atoms with Crippen molar-refractivity contribution in [3.63, 3.8) is 0 Å². The number of carbonyl (C=O) groups is 1. The number of amides is 1. The first-order valence-corrected chi connectivity index (χ1v) is 11.9. The Kier molecular flexibility index (Phi) is 7.10. The number of rotatable bonds is 6. The molecule has 208 valence electrons. The smallest absolute Gasteiger partial charge is 0.419 e. The van der Waals surface area contributed by atoms with Crippen LogP contribution in [0.5, 0.6) is 11.5 Å². The molecule has 0 spiro atoms. The molecule has 0 aliphatic heterocycles. The van der Waals surface area contributed by atoms with E-state index in [4.69, 9.17) is 10.5 Å². The molecule has 2 aromatic carbocycles. The quantitative estimate of drug-likeness (QED) is 0.228. The van der Waals surface area contributed by atoms with Gasteiger partial charge in [-0.15, -0.1) is 0 Å². The first kappa shape index (κ1) is 27.2. The van der Waals surface area contributed by atoms with Crippen LogP contribution in [-0.4, -0.2) is 25.7 Å². The fourth-order valence-electron chi connectivity index (χ4n) is 4.13. The summed E-state index contributed by atoms with van der Waals surface area (Å²) in [5, 5.41) is 6.36. The summed E-state index contributed by atoms with van der Waals surface area (Å²) in [5.41, 5.74) is 4.19. The van der Waals surface area contributed by atoms with Crippen molar-refractivity contribution in [2.75, 3.05) is 11.1 Å². The molecule has 0 fully saturated rings. The second-order valence-corrected chi connectivity index (χ2v) is 8.76. The van der Waals surface area contributed by atoms with Crippen LogP contribution in [0.25, 0.3) is 22.4 Å². The Hall–Kier alpha value is -5.33. The van der Waals surface area contributed by atoms with Gasteiger partial charge >= 0.3 is 6.18 Å². The minimum atomic E-state index is -4.98.